The number of benzene rings is 1. The van der Waals surface area contributed by atoms with Crippen LogP contribution in [0, 0.1) is 11.3 Å². The van der Waals surface area contributed by atoms with Gasteiger partial charge in [-0.1, -0.05) is 0 Å². The second kappa shape index (κ2) is 4.58. The highest BCUT2D eigenvalue weighted by molar-refractivity contribution is 6.68. The summed E-state index contributed by atoms with van der Waals surface area (Å²) in [6.45, 7) is 0. The van der Waals surface area contributed by atoms with E-state index in [1.807, 2.05) is 6.07 Å². The molecule has 0 saturated heterocycles. The standard InChI is InChI=1S/C10H6ClNO3/c1-15-9-7(5-13)2-6(4-12)3-8(9)10(11)14/h2-3,5H,1H3. The van der Waals surface area contributed by atoms with Crippen LogP contribution in [0.2, 0.25) is 0 Å². The third kappa shape index (κ3) is 2.14. The lowest BCUT2D eigenvalue weighted by molar-refractivity contribution is 0.107. The van der Waals surface area contributed by atoms with E-state index < -0.39 is 5.24 Å². The van der Waals surface area contributed by atoms with E-state index in [9.17, 15) is 9.59 Å². The van der Waals surface area contributed by atoms with Crippen molar-refractivity contribution in [3.63, 3.8) is 0 Å². The van der Waals surface area contributed by atoms with Crippen LogP contribution in [0.1, 0.15) is 26.3 Å². The van der Waals surface area contributed by atoms with E-state index in [-0.39, 0.29) is 22.4 Å². The van der Waals surface area contributed by atoms with Gasteiger partial charge < -0.3 is 4.74 Å². The molecule has 0 unspecified atom stereocenters. The van der Waals surface area contributed by atoms with E-state index in [4.69, 9.17) is 21.6 Å². The SMILES string of the molecule is COc1c(C=O)cc(C#N)cc1C(=O)Cl. The monoisotopic (exact) mass is 223 g/mol. The van der Waals surface area contributed by atoms with Crippen LogP contribution in [-0.4, -0.2) is 18.6 Å². The highest BCUT2D eigenvalue weighted by Crippen LogP contribution is 2.25. The van der Waals surface area contributed by atoms with Crippen molar-refractivity contribution in [1.82, 2.24) is 0 Å². The summed E-state index contributed by atoms with van der Waals surface area (Å²) in [6, 6.07) is 4.43. The van der Waals surface area contributed by atoms with Gasteiger partial charge in [0.25, 0.3) is 5.24 Å². The lowest BCUT2D eigenvalue weighted by atomic mass is 10.1. The fourth-order valence-corrected chi connectivity index (χ4v) is 1.32. The van der Waals surface area contributed by atoms with Crippen LogP contribution in [0.25, 0.3) is 0 Å². The van der Waals surface area contributed by atoms with Gasteiger partial charge in [0.2, 0.25) is 0 Å². The Kier molecular flexibility index (Phi) is 3.42. The van der Waals surface area contributed by atoms with E-state index in [2.05, 4.69) is 0 Å². The second-order valence-electron chi connectivity index (χ2n) is 2.65. The zero-order valence-electron chi connectivity index (χ0n) is 7.78. The van der Waals surface area contributed by atoms with Crippen molar-refractivity contribution in [2.45, 2.75) is 0 Å². The highest BCUT2D eigenvalue weighted by Gasteiger charge is 2.15. The molecule has 15 heavy (non-hydrogen) atoms. The van der Waals surface area contributed by atoms with Crippen LogP contribution >= 0.6 is 11.6 Å². The minimum absolute atomic E-state index is 0.0142. The molecule has 0 aliphatic heterocycles. The van der Waals surface area contributed by atoms with Gasteiger partial charge in [0.15, 0.2) is 6.29 Å². The molecule has 1 rings (SSSR count). The van der Waals surface area contributed by atoms with Crippen molar-refractivity contribution in [3.8, 4) is 11.8 Å². The third-order valence-electron chi connectivity index (χ3n) is 1.79. The molecule has 0 bridgehead atoms. The number of nitrogens with zero attached hydrogens (tertiary/aromatic N) is 1. The second-order valence-corrected chi connectivity index (χ2v) is 2.99. The van der Waals surface area contributed by atoms with Crippen molar-refractivity contribution < 1.29 is 14.3 Å². The summed E-state index contributed by atoms with van der Waals surface area (Å²) < 4.78 is 4.88. The molecule has 0 saturated carbocycles. The molecule has 1 aromatic rings. The maximum absolute atomic E-state index is 11.0. The van der Waals surface area contributed by atoms with Gasteiger partial charge in [0, 0.05) is 0 Å². The number of rotatable bonds is 3. The molecule has 0 aromatic heterocycles. The number of aldehydes is 1. The van der Waals surface area contributed by atoms with E-state index in [0.29, 0.717) is 6.29 Å². The van der Waals surface area contributed by atoms with Crippen LogP contribution in [0.5, 0.6) is 5.75 Å². The van der Waals surface area contributed by atoms with Crippen molar-refractivity contribution >= 4 is 23.1 Å². The maximum Gasteiger partial charge on any atom is 0.256 e. The van der Waals surface area contributed by atoms with Crippen LogP contribution in [0.3, 0.4) is 0 Å². The van der Waals surface area contributed by atoms with Gasteiger partial charge in [0.1, 0.15) is 5.75 Å². The van der Waals surface area contributed by atoms with E-state index in [0.717, 1.165) is 0 Å². The number of carbonyl (C=O) groups excluding carboxylic acids is 2. The minimum Gasteiger partial charge on any atom is -0.495 e. The number of nitriles is 1. The van der Waals surface area contributed by atoms with Gasteiger partial charge in [-0.25, -0.2) is 0 Å². The number of hydrogen-bond donors (Lipinski definition) is 0. The molecule has 1 aromatic carbocycles. The summed E-state index contributed by atoms with van der Waals surface area (Å²) in [6.07, 6.45) is 0.503. The molecule has 0 aliphatic carbocycles. The van der Waals surface area contributed by atoms with Gasteiger partial charge in [-0.15, -0.1) is 0 Å². The largest absolute Gasteiger partial charge is 0.495 e. The Labute approximate surface area is 91.0 Å². The van der Waals surface area contributed by atoms with Gasteiger partial charge in [-0.2, -0.15) is 5.26 Å². The first-order valence-corrected chi connectivity index (χ1v) is 4.29. The van der Waals surface area contributed by atoms with Crippen molar-refractivity contribution in [2.75, 3.05) is 7.11 Å². The predicted molar refractivity (Wildman–Crippen MR) is 53.3 cm³/mol. The van der Waals surface area contributed by atoms with Crippen LogP contribution in [0.15, 0.2) is 12.1 Å². The van der Waals surface area contributed by atoms with Crippen LogP contribution < -0.4 is 4.74 Å². The van der Waals surface area contributed by atoms with E-state index in [1.165, 1.54) is 19.2 Å². The lowest BCUT2D eigenvalue weighted by Gasteiger charge is -2.07. The maximum atomic E-state index is 11.0. The first kappa shape index (κ1) is 11.2. The number of carbonyl (C=O) groups is 2. The van der Waals surface area contributed by atoms with E-state index in [1.54, 1.807) is 0 Å². The smallest absolute Gasteiger partial charge is 0.256 e. The molecule has 0 heterocycles. The molecule has 5 heteroatoms. The third-order valence-corrected chi connectivity index (χ3v) is 1.99. The van der Waals surface area contributed by atoms with Gasteiger partial charge in [-0.05, 0) is 23.7 Å². The topological polar surface area (TPSA) is 67.2 Å². The Morgan fingerprint density at radius 3 is 2.67 bits per heavy atom. The zero-order chi connectivity index (χ0) is 11.4. The molecule has 76 valence electrons. The fraction of sp³-hybridized carbons (Fsp3) is 0.100. The minimum atomic E-state index is -0.771. The van der Waals surface area contributed by atoms with Gasteiger partial charge in [-0.3, -0.25) is 9.59 Å². The molecule has 0 amide bonds. The zero-order valence-corrected chi connectivity index (χ0v) is 8.54. The molecule has 0 aliphatic rings. The first-order chi connectivity index (χ1) is 7.13. The number of hydrogen-bond acceptors (Lipinski definition) is 4. The fourth-order valence-electron chi connectivity index (χ4n) is 1.18. The van der Waals surface area contributed by atoms with Crippen molar-refractivity contribution in [1.29, 1.82) is 5.26 Å². The molecule has 0 atom stereocenters. The average Bonchev–Trinajstić information content (AvgIpc) is 2.26. The summed E-state index contributed by atoms with van der Waals surface area (Å²) in [5.41, 5.74) is 0.322. The highest BCUT2D eigenvalue weighted by atomic mass is 35.5. The number of halogens is 1. The van der Waals surface area contributed by atoms with Crippen LogP contribution in [0.4, 0.5) is 0 Å². The normalized spacial score (nSPS) is 9.13. The van der Waals surface area contributed by atoms with Crippen molar-refractivity contribution in [2.24, 2.45) is 0 Å². The predicted octanol–water partition coefficient (Wildman–Crippen LogP) is 1.76. The summed E-state index contributed by atoms with van der Waals surface area (Å²) in [7, 11) is 1.32. The summed E-state index contributed by atoms with van der Waals surface area (Å²) in [4.78, 5) is 21.7. The molecular weight excluding hydrogens is 218 g/mol. The molecule has 0 fully saturated rings. The first-order valence-electron chi connectivity index (χ1n) is 3.91. The quantitative estimate of drug-likeness (QED) is 0.578. The molecular formula is C10H6ClNO3. The summed E-state index contributed by atoms with van der Waals surface area (Å²) in [5, 5.41) is 7.90. The average molecular weight is 224 g/mol. The molecule has 0 spiro atoms. The molecule has 4 nitrogen and oxygen atoms in total. The lowest BCUT2D eigenvalue weighted by Crippen LogP contribution is -2.00. The Balaban J connectivity index is 3.54. The Morgan fingerprint density at radius 1 is 1.60 bits per heavy atom. The number of methoxy groups -OCH3 is 1. The summed E-state index contributed by atoms with van der Waals surface area (Å²) in [5.74, 6) is 0.0870. The molecule has 0 radical (unpaired) electrons. The van der Waals surface area contributed by atoms with Gasteiger partial charge >= 0.3 is 0 Å². The van der Waals surface area contributed by atoms with Crippen molar-refractivity contribution in [3.05, 3.63) is 28.8 Å². The Hall–Kier alpha value is -1.86. The summed E-state index contributed by atoms with van der Waals surface area (Å²) >= 11 is 5.30. The Bertz CT molecular complexity index is 462. The molecule has 0 N–H and O–H groups in total. The number of ether oxygens (including phenoxy) is 1. The Morgan fingerprint density at radius 2 is 2.27 bits per heavy atom. The van der Waals surface area contributed by atoms with Crippen LogP contribution in [-0.2, 0) is 0 Å². The van der Waals surface area contributed by atoms with Gasteiger partial charge in [0.05, 0.1) is 29.9 Å². The van der Waals surface area contributed by atoms with E-state index >= 15 is 0 Å².